The van der Waals surface area contributed by atoms with Gasteiger partial charge in [0.25, 0.3) is 0 Å². The highest BCUT2D eigenvalue weighted by molar-refractivity contribution is 5.73. The molecule has 0 aromatic heterocycles. The van der Waals surface area contributed by atoms with Crippen molar-refractivity contribution in [3.05, 3.63) is 0 Å². The first-order valence-corrected chi connectivity index (χ1v) is 6.27. The van der Waals surface area contributed by atoms with E-state index in [1.54, 1.807) is 0 Å². The molecular weight excluding hydrogens is 206 g/mol. The molecule has 0 bridgehead atoms. The Kier molecular flexibility index (Phi) is 5.77. The van der Waals surface area contributed by atoms with Gasteiger partial charge in [0.1, 0.15) is 6.04 Å². The highest BCUT2D eigenvalue weighted by Crippen LogP contribution is 2.18. The Morgan fingerprint density at radius 2 is 2.06 bits per heavy atom. The lowest BCUT2D eigenvalue weighted by molar-refractivity contribution is -0.144. The van der Waals surface area contributed by atoms with Gasteiger partial charge in [0.05, 0.1) is 6.10 Å². The quantitative estimate of drug-likeness (QED) is 0.753. The number of hydrogen-bond donors (Lipinski definition) is 1. The molecular formula is C12H23NO3. The molecule has 0 spiro atoms. The highest BCUT2D eigenvalue weighted by atomic mass is 16.5. The number of carboxylic acid groups (broad SMARTS) is 1. The van der Waals surface area contributed by atoms with Crippen LogP contribution >= 0.6 is 0 Å². The van der Waals surface area contributed by atoms with Crippen molar-refractivity contribution in [3.8, 4) is 0 Å². The topological polar surface area (TPSA) is 49.8 Å². The summed E-state index contributed by atoms with van der Waals surface area (Å²) in [5, 5.41) is 9.15. The van der Waals surface area contributed by atoms with Gasteiger partial charge in [-0.25, -0.2) is 0 Å². The lowest BCUT2D eigenvalue weighted by Crippen LogP contribution is -2.47. The van der Waals surface area contributed by atoms with Crippen molar-refractivity contribution in [1.29, 1.82) is 0 Å². The van der Waals surface area contributed by atoms with E-state index in [2.05, 4.69) is 4.90 Å². The number of rotatable bonds is 6. The fourth-order valence-electron chi connectivity index (χ4n) is 2.33. The zero-order valence-corrected chi connectivity index (χ0v) is 10.3. The largest absolute Gasteiger partial charge is 0.480 e. The van der Waals surface area contributed by atoms with Crippen LogP contribution in [0.25, 0.3) is 0 Å². The summed E-state index contributed by atoms with van der Waals surface area (Å²) in [6.07, 6.45) is 3.91. The van der Waals surface area contributed by atoms with Gasteiger partial charge in [-0.15, -0.1) is 0 Å². The number of nitrogens with zero attached hydrogens (tertiary/aromatic N) is 1. The van der Waals surface area contributed by atoms with Crippen molar-refractivity contribution in [2.75, 3.05) is 19.7 Å². The van der Waals surface area contributed by atoms with Crippen LogP contribution in [-0.2, 0) is 9.53 Å². The summed E-state index contributed by atoms with van der Waals surface area (Å²) in [6, 6.07) is -0.299. The maximum atomic E-state index is 11.1. The Bertz CT molecular complexity index is 212. The van der Waals surface area contributed by atoms with Crippen LogP contribution in [0.3, 0.4) is 0 Å². The van der Waals surface area contributed by atoms with Crippen LogP contribution in [0.4, 0.5) is 0 Å². The van der Waals surface area contributed by atoms with E-state index in [-0.39, 0.29) is 6.04 Å². The van der Waals surface area contributed by atoms with Crippen molar-refractivity contribution in [3.63, 3.8) is 0 Å². The standard InChI is InChI=1S/C12H23NO3/c1-3-5-11(12(14)15)13-8-6-10(7-9-13)16-4-2/h10-11H,3-9H2,1-2H3,(H,14,15). The van der Waals surface area contributed by atoms with Crippen molar-refractivity contribution < 1.29 is 14.6 Å². The zero-order chi connectivity index (χ0) is 12.0. The third-order valence-corrected chi connectivity index (χ3v) is 3.17. The third-order valence-electron chi connectivity index (χ3n) is 3.17. The molecule has 0 amide bonds. The number of aliphatic carboxylic acids is 1. The molecule has 0 aromatic rings. The number of hydrogen-bond acceptors (Lipinski definition) is 3. The highest BCUT2D eigenvalue weighted by Gasteiger charge is 2.28. The monoisotopic (exact) mass is 229 g/mol. The molecule has 1 atom stereocenters. The van der Waals surface area contributed by atoms with Gasteiger partial charge in [-0.2, -0.15) is 0 Å². The zero-order valence-electron chi connectivity index (χ0n) is 10.3. The van der Waals surface area contributed by atoms with E-state index in [0.29, 0.717) is 6.10 Å². The van der Waals surface area contributed by atoms with Crippen molar-refractivity contribution in [2.45, 2.75) is 51.7 Å². The Morgan fingerprint density at radius 1 is 1.44 bits per heavy atom. The summed E-state index contributed by atoms with van der Waals surface area (Å²) in [5.74, 6) is -0.684. The van der Waals surface area contributed by atoms with Gasteiger partial charge in [0, 0.05) is 19.7 Å². The first kappa shape index (κ1) is 13.5. The molecule has 4 nitrogen and oxygen atoms in total. The molecule has 1 saturated heterocycles. The SMILES string of the molecule is CCCC(C(=O)O)N1CCC(OCC)CC1. The van der Waals surface area contributed by atoms with Crippen molar-refractivity contribution in [2.24, 2.45) is 0 Å². The van der Waals surface area contributed by atoms with E-state index in [4.69, 9.17) is 9.84 Å². The Morgan fingerprint density at radius 3 is 2.50 bits per heavy atom. The van der Waals surface area contributed by atoms with Crippen LogP contribution in [0, 0.1) is 0 Å². The van der Waals surface area contributed by atoms with Crippen LogP contribution in [0.15, 0.2) is 0 Å². The van der Waals surface area contributed by atoms with Crippen molar-refractivity contribution in [1.82, 2.24) is 4.90 Å². The minimum atomic E-state index is -0.684. The van der Waals surface area contributed by atoms with Crippen LogP contribution in [0.2, 0.25) is 0 Å². The molecule has 1 heterocycles. The van der Waals surface area contributed by atoms with E-state index in [1.165, 1.54) is 0 Å². The minimum Gasteiger partial charge on any atom is -0.480 e. The number of carboxylic acids is 1. The average Bonchev–Trinajstić information content (AvgIpc) is 2.27. The Balaban J connectivity index is 2.41. The smallest absolute Gasteiger partial charge is 0.320 e. The van der Waals surface area contributed by atoms with Crippen molar-refractivity contribution >= 4 is 5.97 Å². The van der Waals surface area contributed by atoms with E-state index in [1.807, 2.05) is 13.8 Å². The molecule has 1 N–H and O–H groups in total. The number of likely N-dealkylation sites (tertiary alicyclic amines) is 1. The molecule has 0 aliphatic carbocycles. The molecule has 0 saturated carbocycles. The average molecular weight is 229 g/mol. The predicted octanol–water partition coefficient (Wildman–Crippen LogP) is 1.74. The molecule has 0 radical (unpaired) electrons. The summed E-state index contributed by atoms with van der Waals surface area (Å²) in [7, 11) is 0. The van der Waals surface area contributed by atoms with Gasteiger partial charge < -0.3 is 9.84 Å². The second-order valence-electron chi connectivity index (χ2n) is 4.33. The van der Waals surface area contributed by atoms with Gasteiger partial charge in [-0.1, -0.05) is 13.3 Å². The summed E-state index contributed by atoms with van der Waals surface area (Å²) < 4.78 is 5.56. The van der Waals surface area contributed by atoms with Crippen LogP contribution in [-0.4, -0.2) is 47.8 Å². The first-order valence-electron chi connectivity index (χ1n) is 6.27. The normalized spacial score (nSPS) is 20.9. The lowest BCUT2D eigenvalue weighted by Gasteiger charge is -2.35. The van der Waals surface area contributed by atoms with Crippen LogP contribution < -0.4 is 0 Å². The van der Waals surface area contributed by atoms with E-state index < -0.39 is 5.97 Å². The summed E-state index contributed by atoms with van der Waals surface area (Å²) in [5.41, 5.74) is 0. The molecule has 1 unspecified atom stereocenters. The third kappa shape index (κ3) is 3.76. The summed E-state index contributed by atoms with van der Waals surface area (Å²) in [4.78, 5) is 13.2. The predicted molar refractivity (Wildman–Crippen MR) is 62.6 cm³/mol. The lowest BCUT2D eigenvalue weighted by atomic mass is 10.0. The second-order valence-corrected chi connectivity index (χ2v) is 4.33. The molecule has 1 fully saturated rings. The number of ether oxygens (including phenoxy) is 1. The molecule has 4 heteroatoms. The van der Waals surface area contributed by atoms with Gasteiger partial charge >= 0.3 is 5.97 Å². The Hall–Kier alpha value is -0.610. The fourth-order valence-corrected chi connectivity index (χ4v) is 2.33. The van der Waals surface area contributed by atoms with Gasteiger partial charge in [-0.05, 0) is 26.2 Å². The Labute approximate surface area is 97.6 Å². The molecule has 1 aliphatic heterocycles. The number of piperidine rings is 1. The second kappa shape index (κ2) is 6.86. The maximum Gasteiger partial charge on any atom is 0.320 e. The molecule has 94 valence electrons. The van der Waals surface area contributed by atoms with E-state index >= 15 is 0 Å². The molecule has 16 heavy (non-hydrogen) atoms. The minimum absolute atomic E-state index is 0.299. The van der Waals surface area contributed by atoms with Gasteiger partial charge in [0.2, 0.25) is 0 Å². The number of carbonyl (C=O) groups is 1. The summed E-state index contributed by atoms with van der Waals surface area (Å²) >= 11 is 0. The van der Waals surface area contributed by atoms with Crippen LogP contribution in [0.1, 0.15) is 39.5 Å². The molecule has 1 aliphatic rings. The molecule has 0 aromatic carbocycles. The molecule has 1 rings (SSSR count). The fraction of sp³-hybridized carbons (Fsp3) is 0.917. The summed E-state index contributed by atoms with van der Waals surface area (Å²) in [6.45, 7) is 6.48. The van der Waals surface area contributed by atoms with E-state index in [0.717, 1.165) is 45.4 Å². The van der Waals surface area contributed by atoms with Gasteiger partial charge in [-0.3, -0.25) is 9.69 Å². The van der Waals surface area contributed by atoms with E-state index in [9.17, 15) is 4.79 Å². The first-order chi connectivity index (χ1) is 7.69. The maximum absolute atomic E-state index is 11.1. The van der Waals surface area contributed by atoms with Crippen LogP contribution in [0.5, 0.6) is 0 Å². The van der Waals surface area contributed by atoms with Gasteiger partial charge in [0.15, 0.2) is 0 Å².